The highest BCUT2D eigenvalue weighted by Gasteiger charge is 2.19. The number of benzene rings is 1. The second kappa shape index (κ2) is 7.57. The van der Waals surface area contributed by atoms with Crippen LogP contribution in [-0.2, 0) is 21.1 Å². The average Bonchev–Trinajstić information content (AvgIpc) is 2.49. The molecule has 0 bridgehead atoms. The molecule has 1 N–H and O–H groups in total. The Morgan fingerprint density at radius 3 is 2.38 bits per heavy atom. The topological polar surface area (TPSA) is 76.1 Å². The van der Waals surface area contributed by atoms with Gasteiger partial charge in [0.2, 0.25) is 5.91 Å². The van der Waals surface area contributed by atoms with Gasteiger partial charge in [0, 0.05) is 17.9 Å². The van der Waals surface area contributed by atoms with Crippen molar-refractivity contribution in [2.24, 2.45) is 0 Å². The molecule has 6 heteroatoms. The molecule has 24 heavy (non-hydrogen) atoms. The summed E-state index contributed by atoms with van der Waals surface area (Å²) in [5.74, 6) is -0.347. The van der Waals surface area contributed by atoms with E-state index in [-0.39, 0.29) is 23.0 Å². The molecule has 128 valence electrons. The molecule has 1 heterocycles. The number of carbonyl (C=O) groups excluding carboxylic acids is 1. The third kappa shape index (κ3) is 5.16. The van der Waals surface area contributed by atoms with Gasteiger partial charge in [-0.15, -0.1) is 0 Å². The van der Waals surface area contributed by atoms with Crippen molar-refractivity contribution >= 4 is 15.7 Å². The fourth-order valence-electron chi connectivity index (χ4n) is 2.33. The molecule has 0 aliphatic rings. The Bertz CT molecular complexity index is 797. The smallest absolute Gasteiger partial charge is 0.224 e. The highest BCUT2D eigenvalue weighted by molar-refractivity contribution is 7.91. The van der Waals surface area contributed by atoms with E-state index < -0.39 is 15.9 Å². The van der Waals surface area contributed by atoms with Crippen LogP contribution in [0, 0.1) is 13.8 Å². The molecule has 1 aromatic heterocycles. The van der Waals surface area contributed by atoms with Gasteiger partial charge in [-0.3, -0.25) is 9.78 Å². The lowest BCUT2D eigenvalue weighted by molar-refractivity contribution is -0.120. The van der Waals surface area contributed by atoms with Gasteiger partial charge in [-0.05, 0) is 44.5 Å². The first-order chi connectivity index (χ1) is 11.3. The summed E-state index contributed by atoms with van der Waals surface area (Å²) in [4.78, 5) is 16.5. The number of hydrogen-bond donors (Lipinski definition) is 1. The van der Waals surface area contributed by atoms with E-state index in [1.54, 1.807) is 37.4 Å². The van der Waals surface area contributed by atoms with Crippen LogP contribution in [0.5, 0.6) is 0 Å². The molecule has 0 aliphatic heterocycles. The molecule has 0 saturated carbocycles. The van der Waals surface area contributed by atoms with Gasteiger partial charge >= 0.3 is 0 Å². The number of rotatable bonds is 6. The van der Waals surface area contributed by atoms with E-state index in [0.717, 1.165) is 16.8 Å². The highest BCUT2D eigenvalue weighted by atomic mass is 32.2. The maximum absolute atomic E-state index is 12.4. The summed E-state index contributed by atoms with van der Waals surface area (Å²) >= 11 is 0. The molecular weight excluding hydrogens is 324 g/mol. The maximum Gasteiger partial charge on any atom is 0.224 e. The molecular formula is C18H22N2O3S. The number of hydrogen-bond acceptors (Lipinski definition) is 4. The molecule has 1 aromatic carbocycles. The van der Waals surface area contributed by atoms with Crippen molar-refractivity contribution < 1.29 is 13.2 Å². The number of pyridine rings is 1. The molecule has 5 nitrogen and oxygen atoms in total. The number of amides is 1. The molecule has 0 radical (unpaired) electrons. The van der Waals surface area contributed by atoms with Crippen LogP contribution in [-0.4, -0.2) is 31.1 Å². The van der Waals surface area contributed by atoms with Crippen molar-refractivity contribution in [1.29, 1.82) is 0 Å². The summed E-state index contributed by atoms with van der Waals surface area (Å²) < 4.78 is 24.7. The molecule has 1 unspecified atom stereocenters. The third-order valence-corrected chi connectivity index (χ3v) is 5.52. The van der Waals surface area contributed by atoms with Crippen molar-refractivity contribution in [3.05, 3.63) is 59.4 Å². The van der Waals surface area contributed by atoms with E-state index in [9.17, 15) is 13.2 Å². The number of aromatic nitrogens is 1. The van der Waals surface area contributed by atoms with Gasteiger partial charge in [0.25, 0.3) is 0 Å². The Morgan fingerprint density at radius 1 is 1.12 bits per heavy atom. The minimum absolute atomic E-state index is 0.131. The van der Waals surface area contributed by atoms with Crippen molar-refractivity contribution in [3.8, 4) is 0 Å². The van der Waals surface area contributed by atoms with Crippen LogP contribution < -0.4 is 5.32 Å². The molecule has 0 spiro atoms. The molecule has 0 saturated heterocycles. The van der Waals surface area contributed by atoms with Gasteiger partial charge in [0.1, 0.15) is 0 Å². The summed E-state index contributed by atoms with van der Waals surface area (Å²) in [7, 11) is -3.43. The van der Waals surface area contributed by atoms with Crippen LogP contribution in [0.4, 0.5) is 0 Å². The fourth-order valence-corrected chi connectivity index (χ4v) is 3.81. The predicted molar refractivity (Wildman–Crippen MR) is 93.5 cm³/mol. The van der Waals surface area contributed by atoms with Gasteiger partial charge in [-0.1, -0.05) is 23.8 Å². The molecule has 0 aliphatic carbocycles. The average molecular weight is 346 g/mol. The second-order valence-electron chi connectivity index (χ2n) is 6.05. The quantitative estimate of drug-likeness (QED) is 0.870. The SMILES string of the molecule is Cc1ccc(S(=O)(=O)CC(C)NC(=O)Cc2ccc(C)nc2)cc1. The zero-order valence-corrected chi connectivity index (χ0v) is 14.9. The van der Waals surface area contributed by atoms with Crippen molar-refractivity contribution in [1.82, 2.24) is 10.3 Å². The Labute approximate surface area is 143 Å². The third-order valence-electron chi connectivity index (χ3n) is 3.59. The van der Waals surface area contributed by atoms with Crippen LogP contribution in [0.3, 0.4) is 0 Å². The van der Waals surface area contributed by atoms with E-state index in [4.69, 9.17) is 0 Å². The zero-order chi connectivity index (χ0) is 17.7. The number of nitrogens with one attached hydrogen (secondary N) is 1. The standard InChI is InChI=1S/C18H22N2O3S/c1-13-4-8-17(9-5-13)24(22,23)12-15(3)20-18(21)10-16-7-6-14(2)19-11-16/h4-9,11,15H,10,12H2,1-3H3,(H,20,21). The minimum atomic E-state index is -3.43. The summed E-state index contributed by atoms with van der Waals surface area (Å²) in [5, 5.41) is 2.73. The first-order valence-corrected chi connectivity index (χ1v) is 9.42. The number of aryl methyl sites for hydroxylation is 2. The van der Waals surface area contributed by atoms with Crippen LogP contribution in [0.1, 0.15) is 23.7 Å². The van der Waals surface area contributed by atoms with Gasteiger partial charge in [-0.25, -0.2) is 8.42 Å². The van der Waals surface area contributed by atoms with Crippen LogP contribution in [0.25, 0.3) is 0 Å². The van der Waals surface area contributed by atoms with E-state index >= 15 is 0 Å². The van der Waals surface area contributed by atoms with Crippen LogP contribution in [0.2, 0.25) is 0 Å². The fraction of sp³-hybridized carbons (Fsp3) is 0.333. The number of sulfone groups is 1. The lowest BCUT2D eigenvalue weighted by Crippen LogP contribution is -2.38. The lowest BCUT2D eigenvalue weighted by Gasteiger charge is -2.14. The minimum Gasteiger partial charge on any atom is -0.352 e. The van der Waals surface area contributed by atoms with E-state index in [0.29, 0.717) is 0 Å². The maximum atomic E-state index is 12.4. The zero-order valence-electron chi connectivity index (χ0n) is 14.1. The van der Waals surface area contributed by atoms with E-state index in [2.05, 4.69) is 10.3 Å². The Kier molecular flexibility index (Phi) is 5.72. The first kappa shape index (κ1) is 18.1. The lowest BCUT2D eigenvalue weighted by atomic mass is 10.2. The van der Waals surface area contributed by atoms with Crippen LogP contribution >= 0.6 is 0 Å². The van der Waals surface area contributed by atoms with Crippen molar-refractivity contribution in [3.63, 3.8) is 0 Å². The Balaban J connectivity index is 1.94. The largest absolute Gasteiger partial charge is 0.352 e. The molecule has 1 amide bonds. The summed E-state index contributed by atoms with van der Waals surface area (Å²) in [6.07, 6.45) is 1.84. The molecule has 2 aromatic rings. The highest BCUT2D eigenvalue weighted by Crippen LogP contribution is 2.13. The normalized spacial score (nSPS) is 12.6. The summed E-state index contributed by atoms with van der Waals surface area (Å²) in [6.45, 7) is 5.47. The molecule has 2 rings (SSSR count). The van der Waals surface area contributed by atoms with E-state index in [1.807, 2.05) is 26.0 Å². The second-order valence-corrected chi connectivity index (χ2v) is 8.08. The summed E-state index contributed by atoms with van der Waals surface area (Å²) in [5.41, 5.74) is 2.69. The van der Waals surface area contributed by atoms with Crippen molar-refractivity contribution in [2.75, 3.05) is 5.75 Å². The van der Waals surface area contributed by atoms with Crippen molar-refractivity contribution in [2.45, 2.75) is 38.1 Å². The summed E-state index contributed by atoms with van der Waals surface area (Å²) in [6, 6.07) is 9.93. The monoisotopic (exact) mass is 346 g/mol. The van der Waals surface area contributed by atoms with Crippen LogP contribution in [0.15, 0.2) is 47.5 Å². The van der Waals surface area contributed by atoms with Gasteiger partial charge in [0.15, 0.2) is 9.84 Å². The van der Waals surface area contributed by atoms with Gasteiger partial charge < -0.3 is 5.32 Å². The predicted octanol–water partition coefficient (Wildman–Crippen LogP) is 2.22. The Morgan fingerprint density at radius 2 is 1.79 bits per heavy atom. The number of nitrogens with zero attached hydrogens (tertiary/aromatic N) is 1. The molecule has 1 atom stereocenters. The first-order valence-electron chi connectivity index (χ1n) is 7.76. The van der Waals surface area contributed by atoms with E-state index in [1.165, 1.54) is 0 Å². The molecule has 0 fully saturated rings. The number of carbonyl (C=O) groups is 1. The van der Waals surface area contributed by atoms with Gasteiger partial charge in [0.05, 0.1) is 17.1 Å². The Hall–Kier alpha value is -2.21. The van der Waals surface area contributed by atoms with Gasteiger partial charge in [-0.2, -0.15) is 0 Å².